The summed E-state index contributed by atoms with van der Waals surface area (Å²) in [6.07, 6.45) is 6.11. The van der Waals surface area contributed by atoms with Gasteiger partial charge in [0, 0.05) is 6.04 Å². The van der Waals surface area contributed by atoms with Crippen LogP contribution in [0.2, 0.25) is 0 Å². The molecule has 1 unspecified atom stereocenters. The lowest BCUT2D eigenvalue weighted by molar-refractivity contribution is 0.181. The Balaban J connectivity index is 1.44. The lowest BCUT2D eigenvalue weighted by atomic mass is 9.89. The first-order valence-electron chi connectivity index (χ1n) is 7.69. The van der Waals surface area contributed by atoms with Gasteiger partial charge in [-0.25, -0.2) is 0 Å². The number of ether oxygens (including phenoxy) is 1. The number of hydrogen-bond acceptors (Lipinski definition) is 5. The van der Waals surface area contributed by atoms with Crippen LogP contribution in [0.5, 0.6) is 5.19 Å². The first-order chi connectivity index (χ1) is 10.4. The fourth-order valence-electron chi connectivity index (χ4n) is 2.83. The fourth-order valence-corrected chi connectivity index (χ4v) is 3.51. The summed E-state index contributed by atoms with van der Waals surface area (Å²) in [6.45, 7) is 0.812. The van der Waals surface area contributed by atoms with Crippen molar-refractivity contribution in [2.75, 3.05) is 0 Å². The van der Waals surface area contributed by atoms with Crippen LogP contribution < -0.4 is 10.1 Å². The third kappa shape index (κ3) is 3.09. The maximum absolute atomic E-state index is 6.10. The van der Waals surface area contributed by atoms with Crippen LogP contribution >= 0.6 is 11.3 Å². The lowest BCUT2D eigenvalue weighted by Gasteiger charge is -2.24. The molecule has 1 heterocycles. The highest BCUT2D eigenvalue weighted by molar-refractivity contribution is 7.13. The van der Waals surface area contributed by atoms with E-state index in [1.165, 1.54) is 30.4 Å². The molecule has 1 N–H and O–H groups in total. The van der Waals surface area contributed by atoms with Gasteiger partial charge in [-0.05, 0) is 43.2 Å². The Labute approximate surface area is 128 Å². The molecule has 1 aromatic carbocycles. The normalized spacial score (nSPS) is 21.0. The number of nitrogens with zero attached hydrogens (tertiary/aromatic N) is 2. The molecule has 0 aliphatic heterocycles. The Morgan fingerprint density at radius 1 is 1.19 bits per heavy atom. The highest BCUT2D eigenvalue weighted by Crippen LogP contribution is 2.34. The number of rotatable bonds is 5. The third-order valence-corrected chi connectivity index (χ3v) is 4.94. The molecule has 0 bridgehead atoms. The largest absolute Gasteiger partial charge is 0.461 e. The molecule has 5 heteroatoms. The molecular weight excluding hydrogens is 282 g/mol. The van der Waals surface area contributed by atoms with Crippen molar-refractivity contribution in [2.24, 2.45) is 0 Å². The van der Waals surface area contributed by atoms with Gasteiger partial charge in [-0.15, -0.1) is 5.10 Å². The number of aryl methyl sites for hydroxylation is 1. The van der Waals surface area contributed by atoms with E-state index >= 15 is 0 Å². The molecule has 110 valence electrons. The predicted octanol–water partition coefficient (Wildman–Crippen LogP) is 3.25. The molecule has 0 amide bonds. The summed E-state index contributed by atoms with van der Waals surface area (Å²) >= 11 is 1.56. The van der Waals surface area contributed by atoms with Crippen LogP contribution in [-0.2, 0) is 13.0 Å². The van der Waals surface area contributed by atoms with E-state index in [9.17, 15) is 0 Å². The van der Waals surface area contributed by atoms with Crippen molar-refractivity contribution in [1.29, 1.82) is 0 Å². The first-order valence-corrected chi connectivity index (χ1v) is 8.50. The minimum atomic E-state index is 0.132. The van der Waals surface area contributed by atoms with E-state index in [1.54, 1.807) is 11.3 Å². The van der Waals surface area contributed by atoms with Crippen LogP contribution in [0, 0.1) is 0 Å². The van der Waals surface area contributed by atoms with E-state index in [4.69, 9.17) is 4.74 Å². The maximum atomic E-state index is 6.10. The standard InChI is InChI=1S/C16H19N3OS/c1-2-6-13-11(4-1)5-3-7-14(13)20-16-19-18-15(21-16)10-17-12-8-9-12/h1-2,4,6,12,14,17H,3,5,7-10H2. The molecule has 4 nitrogen and oxygen atoms in total. The SMILES string of the molecule is c1ccc2c(c1)CCCC2Oc1nnc(CNC2CC2)s1. The Kier molecular flexibility index (Phi) is 3.61. The molecule has 1 fully saturated rings. The molecule has 1 saturated carbocycles. The average Bonchev–Trinajstić information content (AvgIpc) is 3.25. The van der Waals surface area contributed by atoms with E-state index in [1.807, 2.05) is 0 Å². The number of hydrogen-bond donors (Lipinski definition) is 1. The summed E-state index contributed by atoms with van der Waals surface area (Å²) in [6, 6.07) is 9.27. The smallest absolute Gasteiger partial charge is 0.294 e. The first kappa shape index (κ1) is 13.2. The molecular formula is C16H19N3OS. The van der Waals surface area contributed by atoms with Gasteiger partial charge in [-0.2, -0.15) is 0 Å². The van der Waals surface area contributed by atoms with Gasteiger partial charge in [-0.1, -0.05) is 40.7 Å². The molecule has 0 spiro atoms. The number of aromatic nitrogens is 2. The summed E-state index contributed by atoms with van der Waals surface area (Å²) in [5, 5.41) is 13.6. The second-order valence-corrected chi connectivity index (χ2v) is 6.84. The monoisotopic (exact) mass is 301 g/mol. The summed E-state index contributed by atoms with van der Waals surface area (Å²) in [5.74, 6) is 0. The molecule has 4 rings (SSSR count). The van der Waals surface area contributed by atoms with Crippen molar-refractivity contribution in [1.82, 2.24) is 15.5 Å². The second-order valence-electron chi connectivity index (χ2n) is 5.81. The third-order valence-electron chi connectivity index (χ3n) is 4.13. The molecule has 1 atom stereocenters. The van der Waals surface area contributed by atoms with Gasteiger partial charge in [0.25, 0.3) is 5.19 Å². The van der Waals surface area contributed by atoms with Crippen LogP contribution in [0.3, 0.4) is 0 Å². The summed E-state index contributed by atoms with van der Waals surface area (Å²) in [5.41, 5.74) is 2.73. The van der Waals surface area contributed by atoms with Gasteiger partial charge in [0.2, 0.25) is 0 Å². The van der Waals surface area contributed by atoms with Gasteiger partial charge >= 0.3 is 0 Å². The van der Waals surface area contributed by atoms with Gasteiger partial charge < -0.3 is 10.1 Å². The van der Waals surface area contributed by atoms with E-state index in [0.29, 0.717) is 11.2 Å². The van der Waals surface area contributed by atoms with Crippen molar-refractivity contribution >= 4 is 11.3 Å². The Morgan fingerprint density at radius 3 is 3.00 bits per heavy atom. The summed E-state index contributed by atoms with van der Waals surface area (Å²) < 4.78 is 6.10. The lowest BCUT2D eigenvalue weighted by Crippen LogP contribution is -2.15. The minimum absolute atomic E-state index is 0.132. The molecule has 2 aromatic rings. The van der Waals surface area contributed by atoms with Crippen LogP contribution in [-0.4, -0.2) is 16.2 Å². The Bertz CT molecular complexity index is 623. The molecule has 2 aliphatic carbocycles. The number of benzene rings is 1. The molecule has 2 aliphatic rings. The van der Waals surface area contributed by atoms with Crippen LogP contribution in [0.4, 0.5) is 0 Å². The Hall–Kier alpha value is -1.46. The van der Waals surface area contributed by atoms with Gasteiger partial charge in [0.15, 0.2) is 0 Å². The zero-order valence-corrected chi connectivity index (χ0v) is 12.7. The minimum Gasteiger partial charge on any atom is -0.461 e. The van der Waals surface area contributed by atoms with Crippen molar-refractivity contribution in [3.05, 3.63) is 40.4 Å². The number of fused-ring (bicyclic) bond motifs is 1. The van der Waals surface area contributed by atoms with E-state index in [-0.39, 0.29) is 6.10 Å². The van der Waals surface area contributed by atoms with Crippen LogP contribution in [0.1, 0.15) is 47.9 Å². The van der Waals surface area contributed by atoms with E-state index in [0.717, 1.165) is 24.4 Å². The molecule has 1 aromatic heterocycles. The average molecular weight is 301 g/mol. The topological polar surface area (TPSA) is 47.0 Å². The van der Waals surface area contributed by atoms with Crippen molar-refractivity contribution in [3.63, 3.8) is 0 Å². The quantitative estimate of drug-likeness (QED) is 0.921. The Morgan fingerprint density at radius 2 is 2.10 bits per heavy atom. The van der Waals surface area contributed by atoms with Gasteiger partial charge in [-0.3, -0.25) is 0 Å². The van der Waals surface area contributed by atoms with Crippen LogP contribution in [0.25, 0.3) is 0 Å². The van der Waals surface area contributed by atoms with Gasteiger partial charge in [0.05, 0.1) is 6.54 Å². The molecule has 21 heavy (non-hydrogen) atoms. The van der Waals surface area contributed by atoms with Gasteiger partial charge in [0.1, 0.15) is 11.1 Å². The summed E-state index contributed by atoms with van der Waals surface area (Å²) in [7, 11) is 0. The highest BCUT2D eigenvalue weighted by atomic mass is 32.1. The summed E-state index contributed by atoms with van der Waals surface area (Å²) in [4.78, 5) is 0. The zero-order valence-electron chi connectivity index (χ0n) is 11.9. The van der Waals surface area contributed by atoms with Crippen molar-refractivity contribution < 1.29 is 4.74 Å². The molecule has 0 saturated heterocycles. The predicted molar refractivity (Wildman–Crippen MR) is 82.5 cm³/mol. The van der Waals surface area contributed by atoms with Crippen LogP contribution in [0.15, 0.2) is 24.3 Å². The molecule has 0 radical (unpaired) electrons. The fraction of sp³-hybridized carbons (Fsp3) is 0.500. The highest BCUT2D eigenvalue weighted by Gasteiger charge is 2.23. The van der Waals surface area contributed by atoms with Crippen molar-refractivity contribution in [2.45, 2.75) is 50.8 Å². The second kappa shape index (κ2) is 5.73. The number of nitrogens with one attached hydrogen (secondary N) is 1. The zero-order chi connectivity index (χ0) is 14.1. The maximum Gasteiger partial charge on any atom is 0.294 e. The van der Waals surface area contributed by atoms with Crippen molar-refractivity contribution in [3.8, 4) is 5.19 Å². The van der Waals surface area contributed by atoms with E-state index < -0.39 is 0 Å². The van der Waals surface area contributed by atoms with E-state index in [2.05, 4.69) is 39.8 Å².